The predicted molar refractivity (Wildman–Crippen MR) is 72.8 cm³/mol. The van der Waals surface area contributed by atoms with Crippen LogP contribution in [0, 0.1) is 5.92 Å². The fraction of sp³-hybridized carbons (Fsp3) is 0.929. The summed E-state index contributed by atoms with van der Waals surface area (Å²) in [6, 6.07) is 0. The number of rotatable bonds is 8. The van der Waals surface area contributed by atoms with Crippen LogP contribution < -0.4 is 51.4 Å². The Balaban J connectivity index is -0.000000616. The van der Waals surface area contributed by atoms with Crippen LogP contribution in [0.25, 0.3) is 5.32 Å². The molecule has 0 heterocycles. The van der Waals surface area contributed by atoms with Crippen LogP contribution in [-0.4, -0.2) is 13.0 Å². The van der Waals surface area contributed by atoms with Crippen molar-refractivity contribution in [3.8, 4) is 0 Å². The average molecular weight is 267 g/mol. The molecule has 0 bridgehead atoms. The van der Waals surface area contributed by atoms with Gasteiger partial charge >= 0.3 is 51.4 Å². The summed E-state index contributed by atoms with van der Waals surface area (Å²) in [7, 11) is 1.57. The Morgan fingerprint density at radius 2 is 1.47 bits per heavy atom. The van der Waals surface area contributed by atoms with Crippen molar-refractivity contribution in [3.05, 3.63) is 5.32 Å². The van der Waals surface area contributed by atoms with Crippen molar-refractivity contribution in [3.63, 3.8) is 0 Å². The van der Waals surface area contributed by atoms with E-state index in [1.165, 1.54) is 32.1 Å². The Labute approximate surface area is 151 Å². The number of carbonyl (C=O) groups is 1. The van der Waals surface area contributed by atoms with Crippen LogP contribution in [0.1, 0.15) is 72.6 Å². The van der Waals surface area contributed by atoms with Gasteiger partial charge in [0, 0.05) is 0 Å². The molecule has 0 unspecified atom stereocenters. The van der Waals surface area contributed by atoms with Crippen molar-refractivity contribution in [2.24, 2.45) is 5.92 Å². The largest absolute Gasteiger partial charge is 1.00 e. The molecule has 0 atom stereocenters. The van der Waals surface area contributed by atoms with Crippen LogP contribution in [0.4, 0.5) is 0 Å². The van der Waals surface area contributed by atoms with Gasteiger partial charge in [-0.1, -0.05) is 59.8 Å². The Morgan fingerprint density at radius 3 is 1.94 bits per heavy atom. The van der Waals surface area contributed by atoms with Gasteiger partial charge in [-0.25, -0.2) is 0 Å². The first-order chi connectivity index (χ1) is 7.66. The fourth-order valence-corrected chi connectivity index (χ4v) is 1.47. The first kappa shape index (κ1) is 23.2. The number of amides is 1. The summed E-state index contributed by atoms with van der Waals surface area (Å²) in [4.78, 5) is 10.8. The average Bonchev–Trinajstić information content (AvgIpc) is 2.29. The molecule has 0 aliphatic heterocycles. The molecule has 0 spiro atoms. The van der Waals surface area contributed by atoms with Crippen molar-refractivity contribution in [1.29, 1.82) is 0 Å². The molecular weight excluding hydrogens is 237 g/mol. The Hall–Kier alpha value is 1.11. The monoisotopic (exact) mass is 267 g/mol. The van der Waals surface area contributed by atoms with Gasteiger partial charge in [-0.3, -0.25) is 0 Å². The second kappa shape index (κ2) is 19.4. The van der Waals surface area contributed by atoms with Gasteiger partial charge in [-0.15, -0.1) is 7.05 Å². The van der Waals surface area contributed by atoms with E-state index < -0.39 is 0 Å². The van der Waals surface area contributed by atoms with Crippen molar-refractivity contribution in [2.75, 3.05) is 7.05 Å². The first-order valence-corrected chi connectivity index (χ1v) is 6.79. The molecule has 0 radical (unpaired) electrons. The Kier molecular flexibility index (Phi) is 26.6. The van der Waals surface area contributed by atoms with Gasteiger partial charge in [0.2, 0.25) is 0 Å². The maximum Gasteiger partial charge on any atom is 1.00 e. The third kappa shape index (κ3) is 22.7. The first-order valence-electron chi connectivity index (χ1n) is 6.79. The minimum absolute atomic E-state index is 0. The van der Waals surface area contributed by atoms with E-state index in [-0.39, 0.29) is 57.3 Å². The zero-order valence-electron chi connectivity index (χ0n) is 12.9. The van der Waals surface area contributed by atoms with Crippen LogP contribution in [0.5, 0.6) is 0 Å². The van der Waals surface area contributed by atoms with Crippen LogP contribution in [-0.2, 0) is 4.79 Å². The third-order valence-corrected chi connectivity index (χ3v) is 2.42. The molecule has 1 amide bonds. The summed E-state index contributed by atoms with van der Waals surface area (Å²) in [6.07, 6.45) is 8.09. The van der Waals surface area contributed by atoms with Crippen molar-refractivity contribution in [1.82, 2.24) is 0 Å². The standard InChI is InChI=1S/C12H25NO.C2H6.K/c1-11(2)9-7-5-4-6-8-10-12(14)13-3;1-2;/h11H,4-10H2,1-3H3,(H,13,14);1-2H3;/q;;+1/p-1. The van der Waals surface area contributed by atoms with Crippen molar-refractivity contribution < 1.29 is 56.2 Å². The van der Waals surface area contributed by atoms with Gasteiger partial charge in [-0.2, -0.15) is 0 Å². The van der Waals surface area contributed by atoms with Crippen molar-refractivity contribution in [2.45, 2.75) is 72.6 Å². The molecule has 0 aliphatic carbocycles. The molecule has 0 rings (SSSR count). The molecule has 0 saturated heterocycles. The zero-order valence-corrected chi connectivity index (χ0v) is 16.0. The van der Waals surface area contributed by atoms with Gasteiger partial charge in [0.25, 0.3) is 0 Å². The van der Waals surface area contributed by atoms with E-state index in [1.54, 1.807) is 7.05 Å². The molecule has 0 N–H and O–H groups in total. The topological polar surface area (TPSA) is 31.2 Å². The Bertz CT molecular complexity index is 149. The summed E-state index contributed by atoms with van der Waals surface area (Å²) >= 11 is 0. The second-order valence-electron chi connectivity index (χ2n) is 4.32. The van der Waals surface area contributed by atoms with Crippen molar-refractivity contribution >= 4 is 5.91 Å². The summed E-state index contributed by atoms with van der Waals surface area (Å²) in [5.41, 5.74) is 0. The van der Waals surface area contributed by atoms with Crippen LogP contribution in [0.3, 0.4) is 0 Å². The van der Waals surface area contributed by atoms with Gasteiger partial charge in [0.1, 0.15) is 0 Å². The molecule has 98 valence electrons. The smallest absolute Gasteiger partial charge is 0.656 e. The van der Waals surface area contributed by atoms with E-state index in [0.717, 1.165) is 12.3 Å². The normalized spacial score (nSPS) is 9.06. The molecule has 2 nitrogen and oxygen atoms in total. The van der Waals surface area contributed by atoms with E-state index in [1.807, 2.05) is 13.8 Å². The quantitative estimate of drug-likeness (QED) is 0.488. The number of hydrogen-bond acceptors (Lipinski definition) is 1. The number of nitrogens with zero attached hydrogens (tertiary/aromatic N) is 1. The maximum absolute atomic E-state index is 10.8. The van der Waals surface area contributed by atoms with Gasteiger partial charge < -0.3 is 10.1 Å². The maximum atomic E-state index is 10.8. The molecule has 3 heteroatoms. The van der Waals surface area contributed by atoms with Crippen LogP contribution in [0.15, 0.2) is 0 Å². The SMILES string of the molecule is CC.C[N-]C(=O)CCCCCCCC(C)C.[K+]. The van der Waals surface area contributed by atoms with E-state index in [2.05, 4.69) is 19.2 Å². The van der Waals surface area contributed by atoms with E-state index in [9.17, 15) is 4.79 Å². The van der Waals surface area contributed by atoms with Gasteiger partial charge in [0.05, 0.1) is 5.91 Å². The Morgan fingerprint density at radius 1 is 1.00 bits per heavy atom. The molecule has 17 heavy (non-hydrogen) atoms. The van der Waals surface area contributed by atoms with Crippen LogP contribution in [0.2, 0.25) is 0 Å². The van der Waals surface area contributed by atoms with Crippen LogP contribution >= 0.6 is 0 Å². The summed E-state index contributed by atoms with van der Waals surface area (Å²) in [5.74, 6) is 0.877. The van der Waals surface area contributed by atoms with Gasteiger partial charge in [0.15, 0.2) is 0 Å². The molecule has 0 fully saturated rings. The molecule has 0 aromatic rings. The number of unbranched alkanes of at least 4 members (excludes halogenated alkanes) is 4. The summed E-state index contributed by atoms with van der Waals surface area (Å²) < 4.78 is 0. The van der Waals surface area contributed by atoms with E-state index in [4.69, 9.17) is 0 Å². The number of hydrogen-bond donors (Lipinski definition) is 0. The molecule has 0 aliphatic rings. The number of carbonyl (C=O) groups excluding carboxylic acids is 1. The molecule has 0 saturated carbocycles. The minimum atomic E-state index is 0. The van der Waals surface area contributed by atoms with E-state index >= 15 is 0 Å². The summed E-state index contributed by atoms with van der Waals surface area (Å²) in [5, 5.41) is 3.61. The molecule has 0 aromatic heterocycles. The predicted octanol–water partition coefficient (Wildman–Crippen LogP) is 1.93. The second-order valence-corrected chi connectivity index (χ2v) is 4.32. The van der Waals surface area contributed by atoms with Gasteiger partial charge in [-0.05, 0) is 18.8 Å². The summed E-state index contributed by atoms with van der Waals surface area (Å²) in [6.45, 7) is 8.53. The molecular formula is C14H30KNO. The third-order valence-electron chi connectivity index (χ3n) is 2.42. The van der Waals surface area contributed by atoms with E-state index in [0.29, 0.717) is 6.42 Å². The molecule has 0 aromatic carbocycles. The fourth-order valence-electron chi connectivity index (χ4n) is 1.47. The zero-order chi connectivity index (χ0) is 12.8. The minimum Gasteiger partial charge on any atom is -0.656 e.